The van der Waals surface area contributed by atoms with Crippen molar-refractivity contribution in [2.75, 3.05) is 0 Å². The van der Waals surface area contributed by atoms with E-state index < -0.39 is 0 Å². The first-order chi connectivity index (χ1) is 16.9. The number of hydrogen-bond acceptors (Lipinski definition) is 3. The second-order valence-corrected chi connectivity index (χ2v) is 9.93. The summed E-state index contributed by atoms with van der Waals surface area (Å²) >= 11 is 1.85. The van der Waals surface area contributed by atoms with Gasteiger partial charge in [-0.05, 0) is 46.8 Å². The molecular weight excluding hydrogens is 435 g/mol. The van der Waals surface area contributed by atoms with Crippen LogP contribution < -0.4 is 25.9 Å². The second kappa shape index (κ2) is 6.75. The maximum Gasteiger partial charge on any atom is 0.260 e. The fourth-order valence-electron chi connectivity index (χ4n) is 5.61. The van der Waals surface area contributed by atoms with Crippen molar-refractivity contribution < 1.29 is 9.47 Å². The van der Waals surface area contributed by atoms with Gasteiger partial charge in [-0.1, -0.05) is 72.8 Å². The molecular formula is C30H17BO2S. The summed E-state index contributed by atoms with van der Waals surface area (Å²) in [6.07, 6.45) is 0. The molecule has 0 saturated carbocycles. The van der Waals surface area contributed by atoms with Gasteiger partial charge in [-0.15, -0.1) is 11.3 Å². The molecule has 0 N–H and O–H groups in total. The van der Waals surface area contributed by atoms with E-state index in [1.165, 1.54) is 36.7 Å². The molecule has 158 valence electrons. The molecule has 0 radical (unpaired) electrons. The van der Waals surface area contributed by atoms with Crippen molar-refractivity contribution in [1.29, 1.82) is 0 Å². The van der Waals surface area contributed by atoms with E-state index in [0.29, 0.717) is 0 Å². The molecule has 2 aliphatic rings. The number of benzene rings is 5. The molecule has 0 spiro atoms. The Labute approximate surface area is 201 Å². The van der Waals surface area contributed by atoms with Crippen molar-refractivity contribution in [3.63, 3.8) is 0 Å². The quantitative estimate of drug-likeness (QED) is 0.267. The van der Waals surface area contributed by atoms with E-state index in [2.05, 4.69) is 84.9 Å². The lowest BCUT2D eigenvalue weighted by molar-refractivity contribution is 0.465. The highest BCUT2D eigenvalue weighted by Crippen LogP contribution is 2.44. The van der Waals surface area contributed by atoms with Crippen molar-refractivity contribution in [3.05, 3.63) is 103 Å². The summed E-state index contributed by atoms with van der Waals surface area (Å²) in [7, 11) is 0. The molecule has 3 heterocycles. The first-order valence-corrected chi connectivity index (χ1v) is 12.3. The van der Waals surface area contributed by atoms with Gasteiger partial charge in [0.25, 0.3) is 6.71 Å². The number of para-hydroxylation sites is 2. The zero-order valence-corrected chi connectivity index (χ0v) is 18.9. The maximum atomic E-state index is 6.69. The Morgan fingerprint density at radius 2 is 1.21 bits per heavy atom. The van der Waals surface area contributed by atoms with Crippen LogP contribution in [0, 0.1) is 0 Å². The predicted molar refractivity (Wildman–Crippen MR) is 142 cm³/mol. The first-order valence-electron chi connectivity index (χ1n) is 11.5. The number of hydrogen-bond donors (Lipinski definition) is 0. The zero-order valence-electron chi connectivity index (χ0n) is 18.1. The Bertz CT molecular complexity index is 1780. The third kappa shape index (κ3) is 2.41. The van der Waals surface area contributed by atoms with Gasteiger partial charge in [0.1, 0.15) is 23.0 Å². The highest BCUT2D eigenvalue weighted by molar-refractivity contribution is 7.25. The Morgan fingerprint density at radius 3 is 2.18 bits per heavy atom. The Hall–Kier alpha value is -4.02. The summed E-state index contributed by atoms with van der Waals surface area (Å²) in [5, 5.41) is 2.60. The van der Waals surface area contributed by atoms with Crippen molar-refractivity contribution in [2.24, 2.45) is 0 Å². The highest BCUT2D eigenvalue weighted by Gasteiger charge is 2.40. The van der Waals surface area contributed by atoms with E-state index >= 15 is 0 Å². The Morgan fingerprint density at radius 1 is 0.529 bits per heavy atom. The molecule has 0 bridgehead atoms. The average molecular weight is 452 g/mol. The van der Waals surface area contributed by atoms with E-state index in [9.17, 15) is 0 Å². The van der Waals surface area contributed by atoms with Crippen LogP contribution in [0.4, 0.5) is 0 Å². The fraction of sp³-hybridized carbons (Fsp3) is 0. The molecule has 0 amide bonds. The van der Waals surface area contributed by atoms with Crippen molar-refractivity contribution in [3.8, 4) is 34.1 Å². The topological polar surface area (TPSA) is 18.5 Å². The smallest absolute Gasteiger partial charge is 0.260 e. The van der Waals surface area contributed by atoms with Gasteiger partial charge >= 0.3 is 0 Å². The van der Waals surface area contributed by atoms with Crippen LogP contribution in [-0.4, -0.2) is 6.71 Å². The molecule has 0 fully saturated rings. The van der Waals surface area contributed by atoms with Crippen molar-refractivity contribution in [2.45, 2.75) is 0 Å². The van der Waals surface area contributed by atoms with E-state index in [4.69, 9.17) is 9.47 Å². The molecule has 0 atom stereocenters. The van der Waals surface area contributed by atoms with Gasteiger partial charge in [0.2, 0.25) is 0 Å². The summed E-state index contributed by atoms with van der Waals surface area (Å²) < 4.78 is 15.6. The van der Waals surface area contributed by atoms with Gasteiger partial charge in [-0.2, -0.15) is 0 Å². The third-order valence-corrected chi connectivity index (χ3v) is 8.16. The van der Waals surface area contributed by atoms with Gasteiger partial charge in [0.15, 0.2) is 0 Å². The summed E-state index contributed by atoms with van der Waals surface area (Å²) in [6, 6.07) is 36.3. The molecule has 2 nitrogen and oxygen atoms in total. The number of fused-ring (bicyclic) bond motifs is 7. The number of ether oxygens (including phenoxy) is 2. The molecule has 6 aromatic rings. The van der Waals surface area contributed by atoms with E-state index in [-0.39, 0.29) is 6.71 Å². The van der Waals surface area contributed by atoms with Crippen LogP contribution in [0.15, 0.2) is 103 Å². The lowest BCUT2D eigenvalue weighted by Crippen LogP contribution is -2.57. The van der Waals surface area contributed by atoms with Gasteiger partial charge in [-0.25, -0.2) is 0 Å². The summed E-state index contributed by atoms with van der Waals surface area (Å²) in [5.41, 5.74) is 5.83. The largest absolute Gasteiger partial charge is 0.458 e. The Balaban J connectivity index is 1.44. The van der Waals surface area contributed by atoms with E-state index in [1.54, 1.807) is 0 Å². The zero-order chi connectivity index (χ0) is 22.2. The van der Waals surface area contributed by atoms with Gasteiger partial charge in [0, 0.05) is 31.2 Å². The number of thiophene rings is 1. The predicted octanol–water partition coefficient (Wildman–Crippen LogP) is 6.45. The average Bonchev–Trinajstić information content (AvgIpc) is 3.27. The van der Waals surface area contributed by atoms with Gasteiger partial charge in [0.05, 0.1) is 0 Å². The van der Waals surface area contributed by atoms with Crippen LogP contribution in [0.25, 0.3) is 31.3 Å². The van der Waals surface area contributed by atoms with Crippen LogP contribution in [0.3, 0.4) is 0 Å². The summed E-state index contributed by atoms with van der Waals surface area (Å²) in [6.45, 7) is 0.0817. The Kier molecular flexibility index (Phi) is 3.66. The minimum Gasteiger partial charge on any atom is -0.458 e. The first kappa shape index (κ1) is 18.4. The molecule has 1 aromatic heterocycles. The molecule has 0 saturated heterocycles. The van der Waals surface area contributed by atoms with Crippen molar-refractivity contribution in [1.82, 2.24) is 0 Å². The standard InChI is InChI=1S/C30H17BO2S/c1-4-16-26-20(8-1)28-18(9-6-17-27(28)34-26)19-10-5-12-22-30(19)33-25-15-7-14-24-29(25)31(22)21-11-2-3-13-23(21)32-24/h1-17H. The van der Waals surface area contributed by atoms with Gasteiger partial charge in [-0.3, -0.25) is 0 Å². The minimum atomic E-state index is 0.0817. The van der Waals surface area contributed by atoms with Crippen LogP contribution in [0.2, 0.25) is 0 Å². The van der Waals surface area contributed by atoms with Gasteiger partial charge < -0.3 is 9.47 Å². The summed E-state index contributed by atoms with van der Waals surface area (Å²) in [4.78, 5) is 0. The lowest BCUT2D eigenvalue weighted by atomic mass is 9.34. The molecule has 8 rings (SSSR count). The third-order valence-electron chi connectivity index (χ3n) is 7.03. The summed E-state index contributed by atoms with van der Waals surface area (Å²) in [5.74, 6) is 3.61. The molecule has 2 aliphatic heterocycles. The molecule has 34 heavy (non-hydrogen) atoms. The van der Waals surface area contributed by atoms with Crippen LogP contribution in [0.5, 0.6) is 23.0 Å². The normalized spacial score (nSPS) is 13.1. The van der Waals surface area contributed by atoms with Crippen molar-refractivity contribution >= 4 is 54.6 Å². The van der Waals surface area contributed by atoms with E-state index in [0.717, 1.165) is 34.0 Å². The van der Waals surface area contributed by atoms with Crippen LogP contribution >= 0.6 is 11.3 Å². The van der Waals surface area contributed by atoms with Crippen LogP contribution in [-0.2, 0) is 0 Å². The maximum absolute atomic E-state index is 6.69. The fourth-order valence-corrected chi connectivity index (χ4v) is 6.74. The molecule has 4 heteroatoms. The van der Waals surface area contributed by atoms with E-state index in [1.807, 2.05) is 29.5 Å². The molecule has 5 aromatic carbocycles. The molecule has 0 aliphatic carbocycles. The monoisotopic (exact) mass is 452 g/mol. The number of rotatable bonds is 1. The van der Waals surface area contributed by atoms with Crippen LogP contribution in [0.1, 0.15) is 0 Å². The highest BCUT2D eigenvalue weighted by atomic mass is 32.1. The lowest BCUT2D eigenvalue weighted by Gasteiger charge is -2.33. The molecule has 0 unspecified atom stereocenters. The second-order valence-electron chi connectivity index (χ2n) is 8.84. The minimum absolute atomic E-state index is 0.0817. The SMILES string of the molecule is c1ccc2c(c1)Oc1cccc3c1B2c1cccc(-c2cccc4sc5ccccc5c24)c1O3.